The molecule has 0 aliphatic carbocycles. The molecule has 206 valence electrons. The molecule has 0 bridgehead atoms. The molecule has 3 heterocycles. The van der Waals surface area contributed by atoms with Crippen LogP contribution >= 0.6 is 0 Å². The molecule has 6 aromatic rings. The monoisotopic (exact) mass is 554 g/mol. The number of nitrogens with two attached hydrogens (primary N) is 1. The molecular formula is C32H26N8O2. The summed E-state index contributed by atoms with van der Waals surface area (Å²) < 4.78 is 14.8. The maximum absolute atomic E-state index is 9.77. The zero-order valence-electron chi connectivity index (χ0n) is 23.1. The van der Waals surface area contributed by atoms with E-state index >= 15 is 0 Å². The number of nitriles is 2. The van der Waals surface area contributed by atoms with Gasteiger partial charge in [-0.2, -0.15) is 10.5 Å². The van der Waals surface area contributed by atoms with E-state index in [2.05, 4.69) is 26.7 Å². The summed E-state index contributed by atoms with van der Waals surface area (Å²) in [5, 5.41) is 19.5. The van der Waals surface area contributed by atoms with E-state index in [-0.39, 0.29) is 11.4 Å². The predicted octanol–water partition coefficient (Wildman–Crippen LogP) is 5.08. The minimum atomic E-state index is -0.0611. The number of para-hydroxylation sites is 2. The molecule has 0 unspecified atom stereocenters. The molecule has 0 saturated heterocycles. The molecule has 10 nitrogen and oxygen atoms in total. The van der Waals surface area contributed by atoms with Crippen molar-refractivity contribution >= 4 is 28.0 Å². The Bertz CT molecular complexity index is 2030. The molecule has 3 aromatic carbocycles. The maximum atomic E-state index is 9.77. The molecule has 42 heavy (non-hydrogen) atoms. The van der Waals surface area contributed by atoms with E-state index in [1.165, 1.54) is 0 Å². The zero-order valence-corrected chi connectivity index (χ0v) is 23.1. The van der Waals surface area contributed by atoms with E-state index in [4.69, 9.17) is 20.2 Å². The fraction of sp³-hybridized carbons (Fsp3) is 0.156. The molecule has 10 heteroatoms. The lowest BCUT2D eigenvalue weighted by molar-refractivity contribution is 0.354. The molecule has 0 fully saturated rings. The third-order valence-electron chi connectivity index (χ3n) is 7.26. The van der Waals surface area contributed by atoms with Gasteiger partial charge in [-0.25, -0.2) is 15.0 Å². The minimum Gasteiger partial charge on any atom is -0.493 e. The molecular weight excluding hydrogens is 528 g/mol. The molecule has 0 spiro atoms. The highest BCUT2D eigenvalue weighted by molar-refractivity contribution is 5.99. The molecule has 0 saturated carbocycles. The first-order chi connectivity index (χ1) is 20.6. The van der Waals surface area contributed by atoms with Crippen LogP contribution in [-0.2, 0) is 19.5 Å². The normalized spacial score (nSPS) is 11.0. The Morgan fingerprint density at radius 1 is 0.786 bits per heavy atom. The Labute approximate surface area is 241 Å². The third-order valence-corrected chi connectivity index (χ3v) is 7.26. The Morgan fingerprint density at radius 2 is 1.50 bits per heavy atom. The molecule has 0 atom stereocenters. The number of benzene rings is 3. The second kappa shape index (κ2) is 11.0. The second-order valence-electron chi connectivity index (χ2n) is 9.66. The second-order valence-corrected chi connectivity index (χ2v) is 9.66. The van der Waals surface area contributed by atoms with Crippen molar-refractivity contribution in [2.24, 2.45) is 0 Å². The maximum Gasteiger partial charge on any atom is 0.179 e. The van der Waals surface area contributed by atoms with Crippen molar-refractivity contribution in [3.05, 3.63) is 95.3 Å². The van der Waals surface area contributed by atoms with Gasteiger partial charge in [0.15, 0.2) is 28.5 Å². The molecule has 0 radical (unpaired) electrons. The Kier molecular flexibility index (Phi) is 6.87. The largest absolute Gasteiger partial charge is 0.493 e. The van der Waals surface area contributed by atoms with Crippen molar-refractivity contribution in [3.8, 4) is 35.0 Å². The van der Waals surface area contributed by atoms with E-state index < -0.39 is 0 Å². The number of methoxy groups -OCH3 is 2. The van der Waals surface area contributed by atoms with Gasteiger partial charge in [-0.05, 0) is 41.8 Å². The highest BCUT2D eigenvalue weighted by atomic mass is 16.5. The van der Waals surface area contributed by atoms with Gasteiger partial charge in [0.1, 0.15) is 29.3 Å². The average Bonchev–Trinajstić information content (AvgIpc) is 3.52. The fourth-order valence-corrected chi connectivity index (χ4v) is 5.22. The van der Waals surface area contributed by atoms with Crippen molar-refractivity contribution in [2.75, 3.05) is 20.0 Å². The van der Waals surface area contributed by atoms with E-state index in [0.29, 0.717) is 59.4 Å². The Balaban J connectivity index is 1.54. The number of anilines is 1. The van der Waals surface area contributed by atoms with Gasteiger partial charge in [-0.3, -0.25) is 0 Å². The number of nitrogen functional groups attached to an aromatic ring is 1. The SMILES string of the molecule is COc1ccc(CCn2c(N)c(-c3nc4ccccc4n3Cc3ccccc3)c3nc(C#N)c(C#N)nc32)cc1OC. The van der Waals surface area contributed by atoms with Crippen LogP contribution in [0.4, 0.5) is 5.82 Å². The van der Waals surface area contributed by atoms with E-state index in [9.17, 15) is 10.5 Å². The summed E-state index contributed by atoms with van der Waals surface area (Å²) in [5.74, 6) is 2.27. The number of aryl methyl sites for hydroxylation is 2. The highest BCUT2D eigenvalue weighted by Gasteiger charge is 2.26. The van der Waals surface area contributed by atoms with Crippen LogP contribution in [0.1, 0.15) is 22.5 Å². The summed E-state index contributed by atoms with van der Waals surface area (Å²) in [7, 11) is 3.19. The first kappa shape index (κ1) is 26.4. The topological polar surface area (TPSA) is 141 Å². The lowest BCUT2D eigenvalue weighted by Crippen LogP contribution is -2.08. The fourth-order valence-electron chi connectivity index (χ4n) is 5.22. The van der Waals surface area contributed by atoms with Gasteiger partial charge in [0.25, 0.3) is 0 Å². The van der Waals surface area contributed by atoms with Crippen LogP contribution in [-0.4, -0.2) is 38.3 Å². The lowest BCUT2D eigenvalue weighted by Gasteiger charge is -2.12. The minimum absolute atomic E-state index is 0.0563. The van der Waals surface area contributed by atoms with Gasteiger partial charge in [0.2, 0.25) is 0 Å². The summed E-state index contributed by atoms with van der Waals surface area (Å²) in [6, 6.07) is 27.7. The van der Waals surface area contributed by atoms with Gasteiger partial charge in [-0.1, -0.05) is 48.5 Å². The first-order valence-corrected chi connectivity index (χ1v) is 13.3. The number of rotatable bonds is 8. The Hall–Kier alpha value is -5.87. The number of nitrogens with zero attached hydrogens (tertiary/aromatic N) is 7. The summed E-state index contributed by atoms with van der Waals surface area (Å²) in [6.45, 7) is 0.978. The molecule has 0 aliphatic rings. The third kappa shape index (κ3) is 4.51. The van der Waals surface area contributed by atoms with Crippen LogP contribution in [0.5, 0.6) is 11.5 Å². The summed E-state index contributed by atoms with van der Waals surface area (Å²) in [5.41, 5.74) is 12.0. The van der Waals surface area contributed by atoms with Gasteiger partial charge >= 0.3 is 0 Å². The van der Waals surface area contributed by atoms with E-state index in [0.717, 1.165) is 22.2 Å². The lowest BCUT2D eigenvalue weighted by atomic mass is 10.1. The average molecular weight is 555 g/mol. The van der Waals surface area contributed by atoms with Gasteiger partial charge in [0.05, 0.1) is 30.8 Å². The zero-order chi connectivity index (χ0) is 29.2. The van der Waals surface area contributed by atoms with Gasteiger partial charge in [0, 0.05) is 13.1 Å². The number of aromatic nitrogens is 5. The van der Waals surface area contributed by atoms with Crippen molar-refractivity contribution in [3.63, 3.8) is 0 Å². The van der Waals surface area contributed by atoms with Crippen molar-refractivity contribution in [2.45, 2.75) is 19.5 Å². The van der Waals surface area contributed by atoms with E-state index in [1.807, 2.05) is 77.4 Å². The van der Waals surface area contributed by atoms with E-state index in [1.54, 1.807) is 14.2 Å². The van der Waals surface area contributed by atoms with Crippen LogP contribution in [0.25, 0.3) is 33.6 Å². The smallest absolute Gasteiger partial charge is 0.179 e. The van der Waals surface area contributed by atoms with Crippen molar-refractivity contribution in [1.82, 2.24) is 24.1 Å². The van der Waals surface area contributed by atoms with Crippen molar-refractivity contribution < 1.29 is 9.47 Å². The first-order valence-electron chi connectivity index (χ1n) is 13.3. The van der Waals surface area contributed by atoms with Crippen LogP contribution in [0, 0.1) is 22.7 Å². The molecule has 6 rings (SSSR count). The number of hydrogen-bond acceptors (Lipinski definition) is 8. The summed E-state index contributed by atoms with van der Waals surface area (Å²) in [4.78, 5) is 14.2. The van der Waals surface area contributed by atoms with Gasteiger partial charge in [-0.15, -0.1) is 0 Å². The molecule has 0 aliphatic heterocycles. The number of fused-ring (bicyclic) bond motifs is 2. The predicted molar refractivity (Wildman–Crippen MR) is 159 cm³/mol. The molecule has 2 N–H and O–H groups in total. The number of hydrogen-bond donors (Lipinski definition) is 1. The van der Waals surface area contributed by atoms with Crippen LogP contribution in [0.15, 0.2) is 72.8 Å². The molecule has 0 amide bonds. The Morgan fingerprint density at radius 3 is 2.24 bits per heavy atom. The van der Waals surface area contributed by atoms with Crippen LogP contribution < -0.4 is 15.2 Å². The quantitative estimate of drug-likeness (QED) is 0.275. The highest BCUT2D eigenvalue weighted by Crippen LogP contribution is 2.38. The van der Waals surface area contributed by atoms with Crippen molar-refractivity contribution in [1.29, 1.82) is 10.5 Å². The number of imidazole rings is 1. The standard InChI is InChI=1S/C32H26N8O2/c1-41-26-13-12-20(16-27(26)42-2)14-15-39-30(35)28(29-32(39)38-24(18-34)23(17-33)36-29)31-37-22-10-6-7-11-25(22)40(31)19-21-8-4-3-5-9-21/h3-13,16H,14-15,19,35H2,1-2H3. The van der Waals surface area contributed by atoms with Crippen LogP contribution in [0.3, 0.4) is 0 Å². The van der Waals surface area contributed by atoms with Crippen LogP contribution in [0.2, 0.25) is 0 Å². The number of ether oxygens (including phenoxy) is 2. The summed E-state index contributed by atoms with van der Waals surface area (Å²) in [6.07, 6.45) is 0.581. The van der Waals surface area contributed by atoms with Gasteiger partial charge < -0.3 is 24.3 Å². The summed E-state index contributed by atoms with van der Waals surface area (Å²) >= 11 is 0. The molecule has 3 aromatic heterocycles.